The Morgan fingerprint density at radius 3 is 2.78 bits per heavy atom. The van der Waals surface area contributed by atoms with Gasteiger partial charge in [-0.1, -0.05) is 15.9 Å². The van der Waals surface area contributed by atoms with Crippen molar-refractivity contribution in [3.8, 4) is 0 Å². The van der Waals surface area contributed by atoms with Gasteiger partial charge >= 0.3 is 0 Å². The summed E-state index contributed by atoms with van der Waals surface area (Å²) in [5, 5.41) is 0. The van der Waals surface area contributed by atoms with E-state index in [2.05, 4.69) is 22.0 Å². The molecule has 0 fully saturated rings. The van der Waals surface area contributed by atoms with E-state index in [0.717, 1.165) is 15.7 Å². The zero-order valence-corrected chi connectivity index (χ0v) is 6.70. The van der Waals surface area contributed by atoms with Crippen LogP contribution in [0, 0.1) is 13.0 Å². The highest BCUT2D eigenvalue weighted by molar-refractivity contribution is 9.10. The van der Waals surface area contributed by atoms with Gasteiger partial charge in [0.15, 0.2) is 0 Å². The minimum atomic E-state index is 0.721. The third-order valence-corrected chi connectivity index (χ3v) is 1.60. The first kappa shape index (κ1) is 6.62. The first-order valence-corrected chi connectivity index (χ1v) is 3.43. The third-order valence-electron chi connectivity index (χ3n) is 1.14. The van der Waals surface area contributed by atoms with E-state index < -0.39 is 0 Å². The Balaban J connectivity index is 3.17. The van der Waals surface area contributed by atoms with E-state index in [0.29, 0.717) is 0 Å². The number of aryl methyl sites for hydroxylation is 1. The molecule has 0 aliphatic rings. The van der Waals surface area contributed by atoms with E-state index in [1.807, 2.05) is 19.1 Å². The van der Waals surface area contributed by atoms with Crippen molar-refractivity contribution < 1.29 is 0 Å². The Morgan fingerprint density at radius 1 is 1.67 bits per heavy atom. The van der Waals surface area contributed by atoms with Crippen LogP contribution in [0.15, 0.2) is 16.6 Å². The molecule has 0 unspecified atom stereocenters. The molecule has 2 heteroatoms. The van der Waals surface area contributed by atoms with E-state index in [1.54, 1.807) is 0 Å². The van der Waals surface area contributed by atoms with Crippen molar-refractivity contribution in [3.05, 3.63) is 28.2 Å². The van der Waals surface area contributed by atoms with Crippen molar-refractivity contribution in [2.75, 3.05) is 5.73 Å². The molecule has 1 nitrogen and oxygen atoms in total. The molecule has 0 aliphatic carbocycles. The Morgan fingerprint density at radius 2 is 2.33 bits per heavy atom. The standard InChI is InChI=1S/C7H7BrN/c1-5-4-6(8)2-3-7(5)9/h2,4H,9H2,1H3. The van der Waals surface area contributed by atoms with Crippen LogP contribution in [0.2, 0.25) is 0 Å². The minimum absolute atomic E-state index is 0.721. The van der Waals surface area contributed by atoms with Gasteiger partial charge in [0.2, 0.25) is 0 Å². The maximum Gasteiger partial charge on any atom is 0.0425 e. The summed E-state index contributed by atoms with van der Waals surface area (Å²) in [6.07, 6.45) is 0. The second-order valence-corrected chi connectivity index (χ2v) is 2.83. The van der Waals surface area contributed by atoms with E-state index in [1.165, 1.54) is 0 Å². The third kappa shape index (κ3) is 1.45. The molecule has 0 aliphatic heterocycles. The van der Waals surface area contributed by atoms with Crippen molar-refractivity contribution in [3.63, 3.8) is 0 Å². The van der Waals surface area contributed by atoms with Gasteiger partial charge in [-0.3, -0.25) is 0 Å². The molecule has 1 rings (SSSR count). The van der Waals surface area contributed by atoms with Gasteiger partial charge in [0, 0.05) is 16.2 Å². The lowest BCUT2D eigenvalue weighted by molar-refractivity contribution is 1.45. The fourth-order valence-corrected chi connectivity index (χ4v) is 1.04. The molecule has 0 atom stereocenters. The Labute approximate surface area is 63.0 Å². The molecule has 0 spiro atoms. The first-order chi connectivity index (χ1) is 4.20. The predicted molar refractivity (Wildman–Crippen MR) is 42.1 cm³/mol. The molecule has 0 aromatic heterocycles. The van der Waals surface area contributed by atoms with Crippen molar-refractivity contribution in [1.29, 1.82) is 0 Å². The Hall–Kier alpha value is -0.500. The highest BCUT2D eigenvalue weighted by atomic mass is 79.9. The van der Waals surface area contributed by atoms with Crippen LogP contribution in [0.1, 0.15) is 5.56 Å². The summed E-state index contributed by atoms with van der Waals surface area (Å²) >= 11 is 3.31. The van der Waals surface area contributed by atoms with Crippen LogP contribution < -0.4 is 5.73 Å². The maximum absolute atomic E-state index is 5.51. The molecular formula is C7H7BrN. The lowest BCUT2D eigenvalue weighted by Crippen LogP contribution is -1.87. The Bertz CT molecular complexity index is 220. The summed E-state index contributed by atoms with van der Waals surface area (Å²) < 4.78 is 1.02. The zero-order valence-electron chi connectivity index (χ0n) is 5.11. The molecule has 0 bridgehead atoms. The lowest BCUT2D eigenvalue weighted by Gasteiger charge is -1.96. The second kappa shape index (κ2) is 2.40. The van der Waals surface area contributed by atoms with Gasteiger partial charge in [-0.15, -0.1) is 0 Å². The largest absolute Gasteiger partial charge is 0.398 e. The van der Waals surface area contributed by atoms with Gasteiger partial charge < -0.3 is 5.73 Å². The van der Waals surface area contributed by atoms with Gasteiger partial charge in [0.05, 0.1) is 0 Å². The van der Waals surface area contributed by atoms with Crippen molar-refractivity contribution in [2.45, 2.75) is 6.92 Å². The summed E-state index contributed by atoms with van der Waals surface area (Å²) in [5.41, 5.74) is 7.29. The van der Waals surface area contributed by atoms with Crippen LogP contribution in [0.3, 0.4) is 0 Å². The average molecular weight is 185 g/mol. The highest BCUT2D eigenvalue weighted by Crippen LogP contribution is 2.15. The van der Waals surface area contributed by atoms with Crippen molar-refractivity contribution in [1.82, 2.24) is 0 Å². The molecular weight excluding hydrogens is 178 g/mol. The molecule has 0 amide bonds. The number of nitrogens with two attached hydrogens (primary N) is 1. The van der Waals surface area contributed by atoms with Gasteiger partial charge in [-0.25, -0.2) is 0 Å². The van der Waals surface area contributed by atoms with Crippen molar-refractivity contribution in [2.24, 2.45) is 0 Å². The molecule has 1 aromatic carbocycles. The molecule has 1 radical (unpaired) electrons. The number of anilines is 1. The summed E-state index contributed by atoms with van der Waals surface area (Å²) in [6, 6.07) is 6.67. The quantitative estimate of drug-likeness (QED) is 0.615. The first-order valence-electron chi connectivity index (χ1n) is 2.63. The minimum Gasteiger partial charge on any atom is -0.398 e. The number of hydrogen-bond acceptors (Lipinski definition) is 1. The van der Waals surface area contributed by atoms with E-state index in [-0.39, 0.29) is 0 Å². The fraction of sp³-hybridized carbons (Fsp3) is 0.143. The van der Waals surface area contributed by atoms with Crippen LogP contribution in [-0.4, -0.2) is 0 Å². The van der Waals surface area contributed by atoms with Crippen molar-refractivity contribution >= 4 is 21.6 Å². The van der Waals surface area contributed by atoms with Crippen LogP contribution in [0.25, 0.3) is 0 Å². The Kier molecular flexibility index (Phi) is 1.76. The van der Waals surface area contributed by atoms with Crippen LogP contribution in [-0.2, 0) is 0 Å². The number of nitrogen functional groups attached to an aromatic ring is 1. The van der Waals surface area contributed by atoms with E-state index in [4.69, 9.17) is 5.73 Å². The molecule has 0 saturated carbocycles. The predicted octanol–water partition coefficient (Wildman–Crippen LogP) is 2.14. The summed E-state index contributed by atoms with van der Waals surface area (Å²) in [7, 11) is 0. The number of halogens is 1. The number of rotatable bonds is 0. The monoisotopic (exact) mass is 184 g/mol. The number of hydrogen-bond donors (Lipinski definition) is 1. The fourth-order valence-electron chi connectivity index (χ4n) is 0.587. The van der Waals surface area contributed by atoms with Crippen LogP contribution in [0.5, 0.6) is 0 Å². The SMILES string of the molecule is Cc1cc(Br)c[c]c1N. The van der Waals surface area contributed by atoms with Crippen LogP contribution >= 0.6 is 15.9 Å². The average Bonchev–Trinajstić information content (AvgIpc) is 1.80. The normalized spacial score (nSPS) is 9.56. The number of benzene rings is 1. The summed E-state index contributed by atoms with van der Waals surface area (Å²) in [5.74, 6) is 0. The summed E-state index contributed by atoms with van der Waals surface area (Å²) in [4.78, 5) is 0. The topological polar surface area (TPSA) is 26.0 Å². The second-order valence-electron chi connectivity index (χ2n) is 1.91. The van der Waals surface area contributed by atoms with Crippen LogP contribution in [0.4, 0.5) is 5.69 Å². The van der Waals surface area contributed by atoms with Gasteiger partial charge in [0.25, 0.3) is 0 Å². The van der Waals surface area contributed by atoms with Gasteiger partial charge in [-0.2, -0.15) is 0 Å². The molecule has 0 saturated heterocycles. The highest BCUT2D eigenvalue weighted by Gasteiger charge is 1.91. The molecule has 47 valence electrons. The van der Waals surface area contributed by atoms with Gasteiger partial charge in [0.1, 0.15) is 0 Å². The zero-order chi connectivity index (χ0) is 6.85. The smallest absolute Gasteiger partial charge is 0.0425 e. The lowest BCUT2D eigenvalue weighted by atomic mass is 10.2. The maximum atomic E-state index is 5.51. The molecule has 2 N–H and O–H groups in total. The molecule has 9 heavy (non-hydrogen) atoms. The molecule has 1 aromatic rings. The van der Waals surface area contributed by atoms with E-state index >= 15 is 0 Å². The summed E-state index contributed by atoms with van der Waals surface area (Å²) in [6.45, 7) is 1.95. The van der Waals surface area contributed by atoms with E-state index in [9.17, 15) is 0 Å². The van der Waals surface area contributed by atoms with Gasteiger partial charge in [-0.05, 0) is 24.6 Å². The molecule has 0 heterocycles.